The van der Waals surface area contributed by atoms with E-state index in [1.54, 1.807) is 19.9 Å². The quantitative estimate of drug-likeness (QED) is 0.821. The second-order valence-corrected chi connectivity index (χ2v) is 4.91. The van der Waals surface area contributed by atoms with Gasteiger partial charge in [0.2, 0.25) is 0 Å². The number of phenolic OH excluding ortho intramolecular Hbond substituents is 1. The third kappa shape index (κ3) is 2.75. The van der Waals surface area contributed by atoms with E-state index in [-0.39, 0.29) is 16.3 Å². The molecule has 0 bridgehead atoms. The average molecular weight is 294 g/mol. The number of rotatable bonds is 2. The highest BCUT2D eigenvalue weighted by molar-refractivity contribution is 6.34. The predicted molar refractivity (Wildman–Crippen MR) is 76.9 cm³/mol. The number of benzene rings is 2. The Balaban J connectivity index is 2.35. The van der Waals surface area contributed by atoms with E-state index in [9.17, 15) is 14.3 Å². The summed E-state index contributed by atoms with van der Waals surface area (Å²) in [5.41, 5.74) is 1.60. The van der Waals surface area contributed by atoms with Crippen LogP contribution in [0.4, 0.5) is 10.1 Å². The van der Waals surface area contributed by atoms with Crippen molar-refractivity contribution >= 4 is 23.2 Å². The Labute approximate surface area is 121 Å². The summed E-state index contributed by atoms with van der Waals surface area (Å²) in [6.45, 7) is 3.44. The van der Waals surface area contributed by atoms with Crippen LogP contribution in [0.3, 0.4) is 0 Å². The molecule has 2 rings (SSSR count). The minimum Gasteiger partial charge on any atom is -0.508 e. The fourth-order valence-corrected chi connectivity index (χ4v) is 2.08. The van der Waals surface area contributed by atoms with Crippen LogP contribution in [0, 0.1) is 19.7 Å². The van der Waals surface area contributed by atoms with E-state index in [0.29, 0.717) is 16.8 Å². The lowest BCUT2D eigenvalue weighted by Crippen LogP contribution is -2.15. The zero-order valence-electron chi connectivity index (χ0n) is 11.0. The molecule has 0 saturated heterocycles. The largest absolute Gasteiger partial charge is 0.508 e. The molecule has 0 saturated carbocycles. The van der Waals surface area contributed by atoms with Gasteiger partial charge in [-0.25, -0.2) is 4.39 Å². The first-order chi connectivity index (χ1) is 9.40. The number of aryl methyl sites for hydroxylation is 2. The van der Waals surface area contributed by atoms with Gasteiger partial charge in [-0.3, -0.25) is 4.79 Å². The van der Waals surface area contributed by atoms with Gasteiger partial charge in [-0.15, -0.1) is 0 Å². The summed E-state index contributed by atoms with van der Waals surface area (Å²) < 4.78 is 13.7. The second kappa shape index (κ2) is 5.51. The van der Waals surface area contributed by atoms with Gasteiger partial charge < -0.3 is 10.4 Å². The summed E-state index contributed by atoms with van der Waals surface area (Å²) in [5.74, 6) is -1.16. The summed E-state index contributed by atoms with van der Waals surface area (Å²) in [6.07, 6.45) is 0. The molecule has 1 amide bonds. The van der Waals surface area contributed by atoms with Crippen LogP contribution < -0.4 is 5.32 Å². The highest BCUT2D eigenvalue weighted by atomic mass is 35.5. The lowest BCUT2D eigenvalue weighted by molar-refractivity contribution is 0.102. The standard InChI is InChI=1S/C15H13ClFNO2/c1-8-7-13(19)9(2)6-12(8)18-15(20)14-10(16)4-3-5-11(14)17/h3-7,19H,1-2H3,(H,18,20). The third-order valence-corrected chi connectivity index (χ3v) is 3.30. The molecule has 2 N–H and O–H groups in total. The van der Waals surface area contributed by atoms with Crippen molar-refractivity contribution in [2.45, 2.75) is 13.8 Å². The van der Waals surface area contributed by atoms with Crippen LogP contribution in [0.15, 0.2) is 30.3 Å². The topological polar surface area (TPSA) is 49.3 Å². The number of nitrogens with one attached hydrogen (secondary N) is 1. The van der Waals surface area contributed by atoms with Crippen LogP contribution in [-0.4, -0.2) is 11.0 Å². The summed E-state index contributed by atoms with van der Waals surface area (Å²) in [6, 6.07) is 7.22. The average Bonchev–Trinajstić information content (AvgIpc) is 2.35. The van der Waals surface area contributed by atoms with Gasteiger partial charge in [0.25, 0.3) is 5.91 Å². The molecule has 0 spiro atoms. The lowest BCUT2D eigenvalue weighted by Gasteiger charge is -2.11. The Morgan fingerprint density at radius 2 is 1.95 bits per heavy atom. The zero-order valence-corrected chi connectivity index (χ0v) is 11.8. The van der Waals surface area contributed by atoms with Gasteiger partial charge in [0.15, 0.2) is 0 Å². The number of anilines is 1. The summed E-state index contributed by atoms with van der Waals surface area (Å²) in [4.78, 5) is 12.1. The molecule has 2 aromatic carbocycles. The molecule has 0 aliphatic rings. The Morgan fingerprint density at radius 3 is 2.60 bits per heavy atom. The summed E-state index contributed by atoms with van der Waals surface area (Å²) in [5, 5.41) is 12.2. The molecule has 5 heteroatoms. The lowest BCUT2D eigenvalue weighted by atomic mass is 10.1. The van der Waals surface area contributed by atoms with Gasteiger partial charge in [0, 0.05) is 5.69 Å². The number of hydrogen-bond donors (Lipinski definition) is 2. The van der Waals surface area contributed by atoms with Crippen molar-refractivity contribution in [2.75, 3.05) is 5.32 Å². The van der Waals surface area contributed by atoms with Crippen LogP contribution in [0.25, 0.3) is 0 Å². The van der Waals surface area contributed by atoms with Crippen molar-refractivity contribution in [3.63, 3.8) is 0 Å². The Hall–Kier alpha value is -2.07. The molecule has 0 heterocycles. The minimum atomic E-state index is -0.678. The molecule has 2 aromatic rings. The molecule has 20 heavy (non-hydrogen) atoms. The van der Waals surface area contributed by atoms with E-state index >= 15 is 0 Å². The predicted octanol–water partition coefficient (Wildman–Crippen LogP) is 4.05. The number of halogens is 2. The van der Waals surface area contributed by atoms with Crippen molar-refractivity contribution < 1.29 is 14.3 Å². The molecule has 104 valence electrons. The van der Waals surface area contributed by atoms with Gasteiger partial charge in [0.05, 0.1) is 10.6 Å². The number of hydrogen-bond acceptors (Lipinski definition) is 2. The van der Waals surface area contributed by atoms with Crippen LogP contribution in [0.1, 0.15) is 21.5 Å². The van der Waals surface area contributed by atoms with Gasteiger partial charge in [-0.2, -0.15) is 0 Å². The number of phenols is 1. The van der Waals surface area contributed by atoms with Crippen molar-refractivity contribution in [1.29, 1.82) is 0 Å². The first-order valence-corrected chi connectivity index (χ1v) is 6.33. The molecule has 0 fully saturated rings. The first kappa shape index (κ1) is 14.3. The highest BCUT2D eigenvalue weighted by Crippen LogP contribution is 2.26. The molecule has 0 radical (unpaired) electrons. The number of carbonyl (C=O) groups is 1. The molecule has 0 unspecified atom stereocenters. The molecule has 3 nitrogen and oxygen atoms in total. The fraction of sp³-hybridized carbons (Fsp3) is 0.133. The SMILES string of the molecule is Cc1cc(NC(=O)c2c(F)cccc2Cl)c(C)cc1O. The number of aromatic hydroxyl groups is 1. The van der Waals surface area contributed by atoms with E-state index < -0.39 is 11.7 Å². The van der Waals surface area contributed by atoms with E-state index in [1.165, 1.54) is 24.3 Å². The van der Waals surface area contributed by atoms with Gasteiger partial charge in [-0.05, 0) is 49.2 Å². The monoisotopic (exact) mass is 293 g/mol. The van der Waals surface area contributed by atoms with Crippen LogP contribution >= 0.6 is 11.6 Å². The van der Waals surface area contributed by atoms with Crippen molar-refractivity contribution in [1.82, 2.24) is 0 Å². The van der Waals surface area contributed by atoms with E-state index in [4.69, 9.17) is 11.6 Å². The van der Waals surface area contributed by atoms with Crippen LogP contribution in [0.2, 0.25) is 5.02 Å². The Morgan fingerprint density at radius 1 is 1.25 bits per heavy atom. The molecule has 0 aliphatic carbocycles. The van der Waals surface area contributed by atoms with Crippen molar-refractivity contribution in [3.8, 4) is 5.75 Å². The van der Waals surface area contributed by atoms with Gasteiger partial charge in [0.1, 0.15) is 11.6 Å². The molecule has 0 atom stereocenters. The van der Waals surface area contributed by atoms with Gasteiger partial charge in [-0.1, -0.05) is 17.7 Å². The van der Waals surface area contributed by atoms with Crippen molar-refractivity contribution in [3.05, 3.63) is 57.9 Å². The normalized spacial score (nSPS) is 10.4. The highest BCUT2D eigenvalue weighted by Gasteiger charge is 2.17. The van der Waals surface area contributed by atoms with E-state index in [2.05, 4.69) is 5.32 Å². The van der Waals surface area contributed by atoms with Crippen LogP contribution in [0.5, 0.6) is 5.75 Å². The summed E-state index contributed by atoms with van der Waals surface area (Å²) in [7, 11) is 0. The third-order valence-electron chi connectivity index (χ3n) is 2.98. The molecular weight excluding hydrogens is 281 g/mol. The van der Waals surface area contributed by atoms with Crippen LogP contribution in [-0.2, 0) is 0 Å². The molecule has 0 aromatic heterocycles. The van der Waals surface area contributed by atoms with E-state index in [0.717, 1.165) is 0 Å². The maximum atomic E-state index is 13.7. The summed E-state index contributed by atoms with van der Waals surface area (Å²) >= 11 is 5.85. The fourth-order valence-electron chi connectivity index (χ4n) is 1.84. The molecule has 0 aliphatic heterocycles. The van der Waals surface area contributed by atoms with Gasteiger partial charge >= 0.3 is 0 Å². The maximum Gasteiger partial charge on any atom is 0.260 e. The minimum absolute atomic E-state index is 0.0515. The Bertz CT molecular complexity index is 666. The first-order valence-electron chi connectivity index (χ1n) is 5.95. The smallest absolute Gasteiger partial charge is 0.260 e. The maximum absolute atomic E-state index is 13.7. The Kier molecular flexibility index (Phi) is 3.95. The number of carbonyl (C=O) groups excluding carboxylic acids is 1. The second-order valence-electron chi connectivity index (χ2n) is 4.50. The zero-order chi connectivity index (χ0) is 14.9. The van der Waals surface area contributed by atoms with E-state index in [1.807, 2.05) is 0 Å². The van der Waals surface area contributed by atoms with Crippen molar-refractivity contribution in [2.24, 2.45) is 0 Å². The molecular formula is C15H13ClFNO2. The number of amides is 1.